The fourth-order valence-electron chi connectivity index (χ4n) is 2.57. The smallest absolute Gasteiger partial charge is 0.0410 e. The van der Waals surface area contributed by atoms with Gasteiger partial charge in [-0.25, -0.2) is 0 Å². The van der Waals surface area contributed by atoms with E-state index in [0.717, 1.165) is 27.9 Å². The number of hydrogen-bond acceptors (Lipinski definition) is 1. The van der Waals surface area contributed by atoms with Gasteiger partial charge in [0.2, 0.25) is 0 Å². The van der Waals surface area contributed by atoms with E-state index in [-0.39, 0.29) is 0 Å². The molecule has 2 rings (SSSR count). The molecule has 1 N–H and O–H groups in total. The van der Waals surface area contributed by atoms with Crippen molar-refractivity contribution >= 4 is 27.5 Å². The van der Waals surface area contributed by atoms with Gasteiger partial charge < -0.3 is 5.32 Å². The van der Waals surface area contributed by atoms with Crippen molar-refractivity contribution in [2.75, 3.05) is 0 Å². The molecule has 1 nitrogen and oxygen atoms in total. The molecule has 0 radical (unpaired) electrons. The molecule has 0 saturated heterocycles. The first-order valence-electron chi connectivity index (χ1n) is 6.25. The molecule has 0 aromatic heterocycles. The van der Waals surface area contributed by atoms with Gasteiger partial charge in [-0.05, 0) is 48.4 Å². The van der Waals surface area contributed by atoms with Crippen LogP contribution in [0.5, 0.6) is 0 Å². The highest BCUT2D eigenvalue weighted by atomic mass is 79.9. The van der Waals surface area contributed by atoms with Crippen molar-refractivity contribution in [3.05, 3.63) is 33.3 Å². The molecule has 0 aliphatic heterocycles. The lowest BCUT2D eigenvalue weighted by atomic mass is 9.98. The second-order valence-corrected chi connectivity index (χ2v) is 6.43. The number of hydrogen-bond donors (Lipinski definition) is 1. The molecule has 3 atom stereocenters. The quantitative estimate of drug-likeness (QED) is 0.857. The summed E-state index contributed by atoms with van der Waals surface area (Å²) in [5, 5.41) is 4.46. The van der Waals surface area contributed by atoms with Gasteiger partial charge in [-0.2, -0.15) is 0 Å². The van der Waals surface area contributed by atoms with Crippen LogP contribution in [0, 0.1) is 11.8 Å². The normalized spacial score (nSPS) is 28.6. The van der Waals surface area contributed by atoms with Crippen molar-refractivity contribution < 1.29 is 0 Å². The molecule has 17 heavy (non-hydrogen) atoms. The van der Waals surface area contributed by atoms with Gasteiger partial charge in [0.25, 0.3) is 0 Å². The van der Waals surface area contributed by atoms with Gasteiger partial charge in [0, 0.05) is 22.1 Å². The Morgan fingerprint density at radius 3 is 2.76 bits per heavy atom. The zero-order valence-corrected chi connectivity index (χ0v) is 12.7. The molecule has 1 aliphatic rings. The topological polar surface area (TPSA) is 12.0 Å². The van der Waals surface area contributed by atoms with Crippen molar-refractivity contribution in [1.29, 1.82) is 0 Å². The standard InChI is InChI=1S/C14H19BrClN/c1-9-3-6-14(10(9)2)17-8-11-7-12(16)4-5-13(11)15/h4-5,7,9-10,14,17H,3,6,8H2,1-2H3. The SMILES string of the molecule is CC1CCC(NCc2cc(Cl)ccc2Br)C1C. The van der Waals surface area contributed by atoms with Crippen LogP contribution in [0.25, 0.3) is 0 Å². The van der Waals surface area contributed by atoms with E-state index in [1.807, 2.05) is 18.2 Å². The number of rotatable bonds is 3. The maximum Gasteiger partial charge on any atom is 0.0410 e. The first kappa shape index (κ1) is 13.4. The van der Waals surface area contributed by atoms with E-state index in [0.29, 0.717) is 6.04 Å². The van der Waals surface area contributed by atoms with E-state index in [1.165, 1.54) is 18.4 Å². The molecule has 1 aromatic carbocycles. The molecule has 3 unspecified atom stereocenters. The molecule has 1 aliphatic carbocycles. The zero-order chi connectivity index (χ0) is 12.4. The van der Waals surface area contributed by atoms with E-state index in [2.05, 4.69) is 35.1 Å². The van der Waals surface area contributed by atoms with Crippen molar-refractivity contribution in [2.45, 2.75) is 39.3 Å². The van der Waals surface area contributed by atoms with Crippen LogP contribution >= 0.6 is 27.5 Å². The maximum atomic E-state index is 6.02. The maximum absolute atomic E-state index is 6.02. The number of benzene rings is 1. The average Bonchev–Trinajstić information content (AvgIpc) is 2.62. The second-order valence-electron chi connectivity index (χ2n) is 5.14. The van der Waals surface area contributed by atoms with E-state index in [4.69, 9.17) is 11.6 Å². The van der Waals surface area contributed by atoms with E-state index >= 15 is 0 Å². The van der Waals surface area contributed by atoms with Gasteiger partial charge in [0.1, 0.15) is 0 Å². The van der Waals surface area contributed by atoms with Gasteiger partial charge >= 0.3 is 0 Å². The minimum Gasteiger partial charge on any atom is -0.310 e. The Bertz CT molecular complexity index is 394. The Labute approximate surface area is 117 Å². The van der Waals surface area contributed by atoms with Crippen LogP contribution in [-0.4, -0.2) is 6.04 Å². The molecular weight excluding hydrogens is 298 g/mol. The zero-order valence-electron chi connectivity index (χ0n) is 10.3. The monoisotopic (exact) mass is 315 g/mol. The third kappa shape index (κ3) is 3.24. The molecule has 1 saturated carbocycles. The van der Waals surface area contributed by atoms with Crippen molar-refractivity contribution in [3.63, 3.8) is 0 Å². The predicted molar refractivity (Wildman–Crippen MR) is 77.3 cm³/mol. The summed E-state index contributed by atoms with van der Waals surface area (Å²) in [5.41, 5.74) is 1.24. The van der Waals surface area contributed by atoms with Crippen LogP contribution in [0.1, 0.15) is 32.3 Å². The van der Waals surface area contributed by atoms with E-state index in [1.54, 1.807) is 0 Å². The lowest BCUT2D eigenvalue weighted by Gasteiger charge is -2.20. The van der Waals surface area contributed by atoms with Crippen molar-refractivity contribution in [2.24, 2.45) is 11.8 Å². The third-order valence-corrected chi connectivity index (χ3v) is 5.04. The second kappa shape index (κ2) is 5.73. The van der Waals surface area contributed by atoms with Gasteiger partial charge in [-0.3, -0.25) is 0 Å². The third-order valence-electron chi connectivity index (χ3n) is 4.03. The molecule has 3 heteroatoms. The molecule has 0 spiro atoms. The largest absolute Gasteiger partial charge is 0.310 e. The molecular formula is C14H19BrClN. The molecule has 0 bridgehead atoms. The van der Waals surface area contributed by atoms with Crippen LogP contribution in [0.4, 0.5) is 0 Å². The highest BCUT2D eigenvalue weighted by molar-refractivity contribution is 9.10. The summed E-state index contributed by atoms with van der Waals surface area (Å²) >= 11 is 9.58. The Balaban J connectivity index is 1.96. The molecule has 94 valence electrons. The van der Waals surface area contributed by atoms with Crippen LogP contribution in [0.3, 0.4) is 0 Å². The first-order valence-corrected chi connectivity index (χ1v) is 7.42. The van der Waals surface area contributed by atoms with Crippen LogP contribution in [0.15, 0.2) is 22.7 Å². The van der Waals surface area contributed by atoms with Gasteiger partial charge in [-0.1, -0.05) is 41.4 Å². The molecule has 0 amide bonds. The summed E-state index contributed by atoms with van der Waals surface area (Å²) in [6.45, 7) is 5.59. The number of nitrogens with one attached hydrogen (secondary N) is 1. The van der Waals surface area contributed by atoms with Crippen LogP contribution in [0.2, 0.25) is 5.02 Å². The molecule has 1 fully saturated rings. The summed E-state index contributed by atoms with van der Waals surface area (Å²) in [6.07, 6.45) is 2.63. The Hall–Kier alpha value is -0.0500. The minimum absolute atomic E-state index is 0.649. The summed E-state index contributed by atoms with van der Waals surface area (Å²) < 4.78 is 1.13. The molecule has 1 aromatic rings. The van der Waals surface area contributed by atoms with Crippen LogP contribution < -0.4 is 5.32 Å². The lowest BCUT2D eigenvalue weighted by molar-refractivity contribution is 0.369. The van der Waals surface area contributed by atoms with Gasteiger partial charge in [-0.15, -0.1) is 0 Å². The van der Waals surface area contributed by atoms with Gasteiger partial charge in [0.05, 0.1) is 0 Å². The summed E-state index contributed by atoms with van der Waals surface area (Å²) in [6, 6.07) is 6.60. The van der Waals surface area contributed by atoms with Gasteiger partial charge in [0.15, 0.2) is 0 Å². The Kier molecular flexibility index (Phi) is 4.51. The first-order chi connectivity index (χ1) is 8.08. The van der Waals surface area contributed by atoms with E-state index < -0.39 is 0 Å². The highest BCUT2D eigenvalue weighted by Crippen LogP contribution is 2.31. The lowest BCUT2D eigenvalue weighted by Crippen LogP contribution is -2.31. The fraction of sp³-hybridized carbons (Fsp3) is 0.571. The summed E-state index contributed by atoms with van der Waals surface area (Å²) in [4.78, 5) is 0. The Morgan fingerprint density at radius 2 is 2.12 bits per heavy atom. The summed E-state index contributed by atoms with van der Waals surface area (Å²) in [5.74, 6) is 1.61. The minimum atomic E-state index is 0.649. The van der Waals surface area contributed by atoms with Crippen molar-refractivity contribution in [1.82, 2.24) is 5.32 Å². The van der Waals surface area contributed by atoms with Crippen molar-refractivity contribution in [3.8, 4) is 0 Å². The Morgan fingerprint density at radius 1 is 1.35 bits per heavy atom. The average molecular weight is 317 g/mol. The number of halogens is 2. The summed E-state index contributed by atoms with van der Waals surface area (Å²) in [7, 11) is 0. The molecule has 0 heterocycles. The predicted octanol–water partition coefficient (Wildman–Crippen LogP) is 4.63. The van der Waals surface area contributed by atoms with Crippen LogP contribution in [-0.2, 0) is 6.54 Å². The van der Waals surface area contributed by atoms with E-state index in [9.17, 15) is 0 Å². The highest BCUT2D eigenvalue weighted by Gasteiger charge is 2.29. The fourth-order valence-corrected chi connectivity index (χ4v) is 3.15.